The maximum absolute atomic E-state index is 12.3. The van der Waals surface area contributed by atoms with Gasteiger partial charge in [-0.1, -0.05) is 6.92 Å². The van der Waals surface area contributed by atoms with Gasteiger partial charge in [-0.05, 0) is 30.5 Å². The van der Waals surface area contributed by atoms with Crippen molar-refractivity contribution in [3.63, 3.8) is 0 Å². The second kappa shape index (κ2) is 6.91. The minimum absolute atomic E-state index is 0.0788. The number of sulfonamides is 1. The molecule has 1 unspecified atom stereocenters. The normalized spacial score (nSPS) is 13.8. The fourth-order valence-corrected chi connectivity index (χ4v) is 5.37. The standard InChI is InChI=1S/C11H20N2O2S3/c1-4-16-7-9(3)13-18(14,15)11-8(2)6-17-10(11)5-12/h6,9,13H,4-5,7,12H2,1-3H3. The Morgan fingerprint density at radius 2 is 2.22 bits per heavy atom. The molecule has 104 valence electrons. The molecule has 0 fully saturated rings. The van der Waals surface area contributed by atoms with Crippen molar-refractivity contribution in [1.29, 1.82) is 0 Å². The molecule has 0 amide bonds. The third kappa shape index (κ3) is 3.96. The topological polar surface area (TPSA) is 72.2 Å². The van der Waals surface area contributed by atoms with E-state index in [0.717, 1.165) is 21.9 Å². The Hall–Kier alpha value is -0.0800. The van der Waals surface area contributed by atoms with Crippen molar-refractivity contribution in [3.8, 4) is 0 Å². The van der Waals surface area contributed by atoms with Crippen LogP contribution in [0.5, 0.6) is 0 Å². The Kier molecular flexibility index (Phi) is 6.13. The lowest BCUT2D eigenvalue weighted by Gasteiger charge is -2.14. The average molecular weight is 308 g/mol. The second-order valence-electron chi connectivity index (χ2n) is 4.06. The van der Waals surface area contributed by atoms with Crippen molar-refractivity contribution in [2.45, 2.75) is 38.3 Å². The molecule has 0 saturated heterocycles. The molecule has 0 bridgehead atoms. The summed E-state index contributed by atoms with van der Waals surface area (Å²) in [4.78, 5) is 1.08. The smallest absolute Gasteiger partial charge is 0.242 e. The largest absolute Gasteiger partial charge is 0.326 e. The van der Waals surface area contributed by atoms with Crippen LogP contribution < -0.4 is 10.5 Å². The number of nitrogens with one attached hydrogen (secondary N) is 1. The molecule has 0 spiro atoms. The molecule has 0 radical (unpaired) electrons. The highest BCUT2D eigenvalue weighted by atomic mass is 32.2. The summed E-state index contributed by atoms with van der Waals surface area (Å²) in [6.45, 7) is 5.99. The molecule has 1 atom stereocenters. The summed E-state index contributed by atoms with van der Waals surface area (Å²) >= 11 is 3.12. The van der Waals surface area contributed by atoms with Gasteiger partial charge in [-0.2, -0.15) is 11.8 Å². The summed E-state index contributed by atoms with van der Waals surface area (Å²) in [5.74, 6) is 1.76. The van der Waals surface area contributed by atoms with Crippen molar-refractivity contribution in [2.75, 3.05) is 11.5 Å². The second-order valence-corrected chi connectivity index (χ2v) is 7.99. The Balaban J connectivity index is 2.89. The van der Waals surface area contributed by atoms with Gasteiger partial charge < -0.3 is 5.73 Å². The number of thiophene rings is 1. The first-order chi connectivity index (χ1) is 8.42. The molecule has 1 aromatic rings. The lowest BCUT2D eigenvalue weighted by Crippen LogP contribution is -2.35. The molecule has 4 nitrogen and oxygen atoms in total. The number of aryl methyl sites for hydroxylation is 1. The first kappa shape index (κ1) is 16.0. The zero-order chi connectivity index (χ0) is 13.8. The zero-order valence-corrected chi connectivity index (χ0v) is 13.3. The summed E-state index contributed by atoms with van der Waals surface area (Å²) in [6.07, 6.45) is 0. The maximum atomic E-state index is 12.3. The quantitative estimate of drug-likeness (QED) is 0.807. The van der Waals surface area contributed by atoms with E-state index in [4.69, 9.17) is 5.73 Å². The molecule has 0 aliphatic carbocycles. The molecule has 1 rings (SSSR count). The number of hydrogen-bond acceptors (Lipinski definition) is 5. The maximum Gasteiger partial charge on any atom is 0.242 e. The van der Waals surface area contributed by atoms with Crippen molar-refractivity contribution < 1.29 is 8.42 Å². The summed E-state index contributed by atoms with van der Waals surface area (Å²) < 4.78 is 27.3. The Labute approximate surface area is 117 Å². The molecule has 18 heavy (non-hydrogen) atoms. The van der Waals surface area contributed by atoms with E-state index in [1.165, 1.54) is 11.3 Å². The molecule has 7 heteroatoms. The summed E-state index contributed by atoms with van der Waals surface area (Å²) in [6, 6.07) is -0.0788. The highest BCUT2D eigenvalue weighted by molar-refractivity contribution is 7.99. The number of hydrogen-bond donors (Lipinski definition) is 2. The van der Waals surface area contributed by atoms with Crippen LogP contribution in [0, 0.1) is 6.92 Å². The van der Waals surface area contributed by atoms with Crippen LogP contribution in [0.2, 0.25) is 0 Å². The fourth-order valence-electron chi connectivity index (χ4n) is 1.64. The fraction of sp³-hybridized carbons (Fsp3) is 0.636. The van der Waals surface area contributed by atoms with Crippen LogP contribution in [-0.2, 0) is 16.6 Å². The van der Waals surface area contributed by atoms with E-state index in [1.807, 2.05) is 12.3 Å². The van der Waals surface area contributed by atoms with Crippen molar-refractivity contribution in [3.05, 3.63) is 15.8 Å². The molecular weight excluding hydrogens is 288 g/mol. The van der Waals surface area contributed by atoms with Gasteiger partial charge in [0.2, 0.25) is 10.0 Å². The first-order valence-corrected chi connectivity index (χ1v) is 9.31. The van der Waals surface area contributed by atoms with E-state index in [1.54, 1.807) is 18.7 Å². The molecule has 0 aliphatic heterocycles. The van der Waals surface area contributed by atoms with E-state index in [2.05, 4.69) is 11.6 Å². The van der Waals surface area contributed by atoms with Gasteiger partial charge in [0.25, 0.3) is 0 Å². The van der Waals surface area contributed by atoms with Crippen molar-refractivity contribution >= 4 is 33.1 Å². The number of nitrogens with two attached hydrogens (primary N) is 1. The highest BCUT2D eigenvalue weighted by Gasteiger charge is 2.23. The Morgan fingerprint density at radius 1 is 1.56 bits per heavy atom. The molecule has 0 aliphatic rings. The molecule has 0 saturated carbocycles. The van der Waals surface area contributed by atoms with Gasteiger partial charge in [0, 0.05) is 23.2 Å². The summed E-state index contributed by atoms with van der Waals surface area (Å²) in [7, 11) is -3.45. The van der Waals surface area contributed by atoms with Crippen LogP contribution in [0.15, 0.2) is 10.3 Å². The van der Waals surface area contributed by atoms with Crippen molar-refractivity contribution in [1.82, 2.24) is 4.72 Å². The monoisotopic (exact) mass is 308 g/mol. The van der Waals surface area contributed by atoms with Gasteiger partial charge in [0.1, 0.15) is 4.90 Å². The van der Waals surface area contributed by atoms with E-state index < -0.39 is 10.0 Å². The summed E-state index contributed by atoms with van der Waals surface area (Å²) in [5.41, 5.74) is 6.35. The van der Waals surface area contributed by atoms with E-state index >= 15 is 0 Å². The van der Waals surface area contributed by atoms with Gasteiger partial charge >= 0.3 is 0 Å². The molecule has 3 N–H and O–H groups in total. The third-order valence-corrected chi connectivity index (χ3v) is 6.59. The number of rotatable bonds is 7. The first-order valence-electron chi connectivity index (χ1n) is 5.79. The third-order valence-electron chi connectivity index (χ3n) is 2.37. The van der Waals surface area contributed by atoms with Gasteiger partial charge in [-0.3, -0.25) is 0 Å². The van der Waals surface area contributed by atoms with E-state index in [-0.39, 0.29) is 12.6 Å². The molecule has 1 aromatic heterocycles. The van der Waals surface area contributed by atoms with Gasteiger partial charge in [-0.15, -0.1) is 11.3 Å². The highest BCUT2D eigenvalue weighted by Crippen LogP contribution is 2.26. The van der Waals surface area contributed by atoms with Crippen molar-refractivity contribution in [2.24, 2.45) is 5.73 Å². The zero-order valence-electron chi connectivity index (χ0n) is 10.9. The van der Waals surface area contributed by atoms with Crippen LogP contribution >= 0.6 is 23.1 Å². The van der Waals surface area contributed by atoms with Crippen LogP contribution in [0.25, 0.3) is 0 Å². The van der Waals surface area contributed by atoms with Crippen LogP contribution in [0.1, 0.15) is 24.3 Å². The van der Waals surface area contributed by atoms with Crippen LogP contribution in [0.4, 0.5) is 0 Å². The van der Waals surface area contributed by atoms with Gasteiger partial charge in [0.05, 0.1) is 0 Å². The molecule has 0 aromatic carbocycles. The minimum atomic E-state index is -3.45. The van der Waals surface area contributed by atoms with Crippen LogP contribution in [0.3, 0.4) is 0 Å². The predicted molar refractivity (Wildman–Crippen MR) is 79.7 cm³/mol. The average Bonchev–Trinajstić information content (AvgIpc) is 2.67. The predicted octanol–water partition coefficient (Wildman–Crippen LogP) is 1.94. The SMILES string of the molecule is CCSCC(C)NS(=O)(=O)c1c(C)csc1CN. The lowest BCUT2D eigenvalue weighted by atomic mass is 10.3. The van der Waals surface area contributed by atoms with E-state index in [9.17, 15) is 8.42 Å². The van der Waals surface area contributed by atoms with E-state index in [0.29, 0.717) is 4.90 Å². The van der Waals surface area contributed by atoms with Gasteiger partial charge in [0.15, 0.2) is 0 Å². The Morgan fingerprint density at radius 3 is 2.78 bits per heavy atom. The van der Waals surface area contributed by atoms with Crippen LogP contribution in [-0.4, -0.2) is 26.0 Å². The summed E-state index contributed by atoms with van der Waals surface area (Å²) in [5, 5.41) is 1.84. The lowest BCUT2D eigenvalue weighted by molar-refractivity contribution is 0.570. The minimum Gasteiger partial charge on any atom is -0.326 e. The molecule has 1 heterocycles. The number of thioether (sulfide) groups is 1. The molecular formula is C11H20N2O2S3. The Bertz CT molecular complexity index is 482. The van der Waals surface area contributed by atoms with Gasteiger partial charge in [-0.25, -0.2) is 13.1 Å².